The predicted octanol–water partition coefficient (Wildman–Crippen LogP) is 8.43. The molecule has 522 valence electrons. The highest BCUT2D eigenvalue weighted by atomic mass is 32.2. The van der Waals surface area contributed by atoms with Gasteiger partial charge in [-0.3, -0.25) is 32.6 Å². The third-order valence-electron chi connectivity index (χ3n) is 17.3. The zero-order chi connectivity index (χ0) is 70.0. The fraction of sp³-hybridized carbons (Fsp3) is 0.444. The highest BCUT2D eigenvalue weighted by Gasteiger charge is 2.47. The van der Waals surface area contributed by atoms with Crippen LogP contribution in [-0.4, -0.2) is 144 Å². The summed E-state index contributed by atoms with van der Waals surface area (Å²) in [5.74, 6) is -3.29. The van der Waals surface area contributed by atoms with Crippen molar-refractivity contribution < 1.29 is 105 Å². The second-order valence-corrected chi connectivity index (χ2v) is 31.0. The summed E-state index contributed by atoms with van der Waals surface area (Å²) in [6, 6.07) is 12.1. The van der Waals surface area contributed by atoms with Gasteiger partial charge < -0.3 is 35.9 Å². The van der Waals surface area contributed by atoms with Gasteiger partial charge in [-0.2, -0.15) is 38.2 Å². The number of allylic oxidation sites excluding steroid dienone is 6. The van der Waals surface area contributed by atoms with Crippen molar-refractivity contribution in [1.29, 1.82) is 0 Å². The molecular formula is C63H79N6O22S5+. The topological polar surface area (TPSA) is 421 Å². The number of unbranched alkanes of at least 4 members (excludes halogenated alkanes) is 2. The van der Waals surface area contributed by atoms with Gasteiger partial charge in [0.05, 0.1) is 33.0 Å². The Hall–Kier alpha value is -7.28. The van der Waals surface area contributed by atoms with E-state index < -0.39 is 101 Å². The quantitative estimate of drug-likeness (QED) is 0.00982. The Balaban J connectivity index is 1.13. The van der Waals surface area contributed by atoms with Crippen molar-refractivity contribution in [3.05, 3.63) is 108 Å². The maximum absolute atomic E-state index is 13.7. The number of fused-ring (bicyclic) bond motifs is 9. The Morgan fingerprint density at radius 2 is 1.38 bits per heavy atom. The van der Waals surface area contributed by atoms with Gasteiger partial charge in [0.25, 0.3) is 40.5 Å². The van der Waals surface area contributed by atoms with Gasteiger partial charge in [0.1, 0.15) is 17.5 Å². The standard InChI is InChI=1S/C63H78N6O22S5/c1-62(2)52-20-8-4-9-21-53-63(3,60-46-38-42(95(83,84)85)40-51(96(86,87)88)44(46)26-28-49(60)68(53)35-18-36-93(77,78)79)31-14-5-10-22-54(70)64-32-16-13-19-47(61(75)65-33-15-6-12-24-58(74)89-69-56(72)29-30-57(69)73)66-55(71)23-11-7-17-34-67(52)48-27-25-43-45(59(48)62)37-41(94(80,81)82)39-50(43)92-91-90-76/h4,8-9,20-21,25-30,37-40,47H,5-7,10-19,22-24,31-36H2,1-3H3,(H9-,64,65,66,70,71,72,73,75,76,77,78,79,80,81,82,83,84,85,86,87,88)/p+1. The fourth-order valence-electron chi connectivity index (χ4n) is 12.8. The molecule has 2 unspecified atom stereocenters. The van der Waals surface area contributed by atoms with Crippen molar-refractivity contribution in [1.82, 2.24) is 20.7 Å². The van der Waals surface area contributed by atoms with E-state index in [0.717, 1.165) is 23.9 Å². The minimum atomic E-state index is -5.14. The summed E-state index contributed by atoms with van der Waals surface area (Å²) in [4.78, 5) is 57.8. The van der Waals surface area contributed by atoms with E-state index >= 15 is 0 Å². The Labute approximate surface area is 560 Å². The summed E-state index contributed by atoms with van der Waals surface area (Å²) in [5, 5.41) is 42.0. The summed E-state index contributed by atoms with van der Waals surface area (Å²) in [6.45, 7) is 6.47. The number of amides is 3. The SMILES string of the molecule is CC1(C)C2=[N+](CCCCCC(=O)NC(C(=O)NCCCCCC(=O)On3c(O)ccc3O)CCCCNC(=O)CCCCCC3(C)C(=CC=CC=C2)N(CCCS(=O)(=O)O)c2ccc4c(S(=O)(=O)O)cc(S(=O)(=O)O)cc4c23)c2ccc3c(SOOO)cc(S(=O)(=O)O)cc3c21. The Bertz CT molecular complexity index is 4380. The van der Waals surface area contributed by atoms with Crippen LogP contribution in [0.25, 0.3) is 21.5 Å². The molecule has 4 heterocycles. The van der Waals surface area contributed by atoms with E-state index in [1.165, 1.54) is 18.2 Å². The minimum Gasteiger partial charge on any atom is -0.492 e. The number of nitrogens with one attached hydrogen (secondary N) is 3. The van der Waals surface area contributed by atoms with E-state index in [4.69, 9.17) is 14.4 Å². The van der Waals surface area contributed by atoms with Crippen LogP contribution in [0.4, 0.5) is 11.4 Å². The lowest BCUT2D eigenvalue weighted by Gasteiger charge is -2.31. The largest absolute Gasteiger partial charge is 0.492 e. The predicted molar refractivity (Wildman–Crippen MR) is 354 cm³/mol. The molecule has 1 aromatic heterocycles. The van der Waals surface area contributed by atoms with Gasteiger partial charge in [0.15, 0.2) is 5.71 Å². The van der Waals surface area contributed by atoms with Crippen LogP contribution in [0.3, 0.4) is 0 Å². The van der Waals surface area contributed by atoms with E-state index in [-0.39, 0.29) is 85.6 Å². The lowest BCUT2D eigenvalue weighted by molar-refractivity contribution is -0.438. The average molecular weight is 1430 g/mol. The third-order valence-corrected chi connectivity index (χ3v) is 21.3. The first-order valence-electron chi connectivity index (χ1n) is 31.1. The van der Waals surface area contributed by atoms with Crippen molar-refractivity contribution >= 4 is 115 Å². The number of aromatic hydroxyl groups is 2. The van der Waals surface area contributed by atoms with Crippen LogP contribution in [0, 0.1) is 0 Å². The number of aromatic nitrogens is 1. The molecule has 96 heavy (non-hydrogen) atoms. The molecule has 5 aromatic rings. The number of anilines is 1. The molecule has 0 bridgehead atoms. The van der Waals surface area contributed by atoms with Crippen LogP contribution in [0.2, 0.25) is 0 Å². The molecule has 3 amide bonds. The number of rotatable bonds is 18. The van der Waals surface area contributed by atoms with E-state index in [1.54, 1.807) is 41.3 Å². The first-order valence-corrected chi connectivity index (χ1v) is 37.8. The Morgan fingerprint density at radius 3 is 2.05 bits per heavy atom. The molecule has 0 radical (unpaired) electrons. The molecule has 2 atom stereocenters. The van der Waals surface area contributed by atoms with Gasteiger partial charge in [0, 0.05) is 102 Å². The smallest absolute Gasteiger partial charge is 0.333 e. The van der Waals surface area contributed by atoms with E-state index in [0.29, 0.717) is 139 Å². The monoisotopic (exact) mass is 1430 g/mol. The second kappa shape index (κ2) is 31.5. The Kier molecular flexibility index (Phi) is 24.4. The van der Waals surface area contributed by atoms with Crippen molar-refractivity contribution in [2.45, 2.75) is 166 Å². The first kappa shape index (κ1) is 74.5. The van der Waals surface area contributed by atoms with Gasteiger partial charge in [-0.05, 0) is 149 Å². The van der Waals surface area contributed by atoms with Crippen LogP contribution in [0.15, 0.2) is 116 Å². The number of benzene rings is 4. The van der Waals surface area contributed by atoms with Gasteiger partial charge in [-0.1, -0.05) is 48.6 Å². The summed E-state index contributed by atoms with van der Waals surface area (Å²) >= 11 is 0.509. The molecular weight excluding hydrogens is 1350 g/mol. The second-order valence-electron chi connectivity index (χ2n) is 24.4. The Morgan fingerprint density at radius 1 is 0.708 bits per heavy atom. The third kappa shape index (κ3) is 18.3. The highest BCUT2D eigenvalue weighted by molar-refractivity contribution is 7.94. The lowest BCUT2D eigenvalue weighted by atomic mass is 9.75. The average Bonchev–Trinajstić information content (AvgIpc) is 1.53. The molecule has 3 aliphatic rings. The van der Waals surface area contributed by atoms with Crippen molar-refractivity contribution in [3.63, 3.8) is 0 Å². The number of hydrogen-bond acceptors (Lipinski definition) is 20. The van der Waals surface area contributed by atoms with Gasteiger partial charge >= 0.3 is 5.97 Å². The summed E-state index contributed by atoms with van der Waals surface area (Å²) in [5.41, 5.74) is 1.21. The van der Waals surface area contributed by atoms with Crippen LogP contribution < -0.4 is 25.7 Å². The zero-order valence-corrected chi connectivity index (χ0v) is 57.0. The van der Waals surface area contributed by atoms with Gasteiger partial charge in [-0.15, -0.1) is 9.06 Å². The molecule has 4 aromatic carbocycles. The zero-order valence-electron chi connectivity index (χ0n) is 52.9. The summed E-state index contributed by atoms with van der Waals surface area (Å²) in [7, 11) is -19.5. The first-order chi connectivity index (χ1) is 45.2. The number of hydrogen-bond donors (Lipinski definition) is 10. The molecule has 8 rings (SSSR count). The molecule has 3 aliphatic heterocycles. The molecule has 28 nitrogen and oxygen atoms in total. The summed E-state index contributed by atoms with van der Waals surface area (Å²) in [6.07, 6.45) is 14.2. The molecule has 33 heteroatoms. The highest BCUT2D eigenvalue weighted by Crippen LogP contribution is 2.55. The lowest BCUT2D eigenvalue weighted by Crippen LogP contribution is -2.47. The maximum atomic E-state index is 13.7. The fourth-order valence-corrected chi connectivity index (χ4v) is 15.8. The van der Waals surface area contributed by atoms with Gasteiger partial charge in [-0.25, -0.2) is 10.1 Å². The van der Waals surface area contributed by atoms with Crippen LogP contribution in [0.1, 0.15) is 141 Å². The van der Waals surface area contributed by atoms with Crippen LogP contribution in [0.5, 0.6) is 11.8 Å². The van der Waals surface area contributed by atoms with E-state index in [2.05, 4.69) is 25.6 Å². The summed E-state index contributed by atoms with van der Waals surface area (Å²) < 4.78 is 150. The molecule has 0 saturated carbocycles. The van der Waals surface area contributed by atoms with Gasteiger partial charge in [0.2, 0.25) is 35.2 Å². The van der Waals surface area contributed by atoms with Crippen LogP contribution >= 0.6 is 12.0 Å². The number of nitrogens with zero attached hydrogens (tertiary/aromatic N) is 3. The molecule has 0 fully saturated rings. The van der Waals surface area contributed by atoms with E-state index in [9.17, 15) is 81.3 Å². The number of carbonyl (C=O) groups excluding carboxylic acids is 4. The molecule has 10 N–H and O–H groups in total. The molecule has 0 spiro atoms. The molecule has 0 aliphatic carbocycles. The van der Waals surface area contributed by atoms with Crippen LogP contribution in [-0.2, 0) is 79.9 Å². The van der Waals surface area contributed by atoms with Crippen molar-refractivity contribution in [3.8, 4) is 11.8 Å². The maximum Gasteiger partial charge on any atom is 0.333 e. The van der Waals surface area contributed by atoms with E-state index in [1.807, 2.05) is 32.9 Å². The minimum absolute atomic E-state index is 0.0328. The molecule has 0 saturated heterocycles. The van der Waals surface area contributed by atoms with Crippen molar-refractivity contribution in [2.24, 2.45) is 0 Å². The number of carbonyl (C=O) groups is 4. The normalized spacial score (nSPS) is 19.1. The van der Waals surface area contributed by atoms with Crippen molar-refractivity contribution in [2.75, 3.05) is 36.8 Å².